The summed E-state index contributed by atoms with van der Waals surface area (Å²) in [6.45, 7) is 1.95. The first kappa shape index (κ1) is 12.3. The van der Waals surface area contributed by atoms with E-state index in [1.807, 2.05) is 31.2 Å². The number of para-hydroxylation sites is 1. The second-order valence-corrected chi connectivity index (χ2v) is 4.35. The minimum absolute atomic E-state index is 0.0670. The Morgan fingerprint density at radius 2 is 2.17 bits per heavy atom. The molecule has 5 heteroatoms. The Kier molecular flexibility index (Phi) is 3.43. The molecule has 0 fully saturated rings. The Balaban J connectivity index is 2.39. The number of nitrogens with two attached hydrogens (primary N) is 2. The van der Waals surface area contributed by atoms with Crippen molar-refractivity contribution in [3.8, 4) is 5.69 Å². The van der Waals surface area contributed by atoms with E-state index in [9.17, 15) is 4.79 Å². The fourth-order valence-corrected chi connectivity index (χ4v) is 1.84. The molecule has 4 N–H and O–H groups in total. The average molecular weight is 244 g/mol. The van der Waals surface area contributed by atoms with Gasteiger partial charge in [0.1, 0.15) is 0 Å². The van der Waals surface area contributed by atoms with E-state index in [0.717, 1.165) is 17.7 Å². The number of aromatic nitrogens is 2. The predicted octanol–water partition coefficient (Wildman–Crippen LogP) is 0.861. The van der Waals surface area contributed by atoms with Crippen LogP contribution in [0.15, 0.2) is 36.7 Å². The van der Waals surface area contributed by atoms with Crippen molar-refractivity contribution in [2.45, 2.75) is 19.4 Å². The quantitative estimate of drug-likeness (QED) is 0.836. The molecule has 1 heterocycles. The van der Waals surface area contributed by atoms with Crippen LogP contribution in [0.2, 0.25) is 0 Å². The molecule has 0 bridgehead atoms. The zero-order chi connectivity index (χ0) is 13.1. The summed E-state index contributed by atoms with van der Waals surface area (Å²) in [7, 11) is 0. The maximum Gasteiger partial charge on any atom is 0.251 e. The Hall–Kier alpha value is -2.14. The molecule has 0 aliphatic heterocycles. The molecule has 5 nitrogen and oxygen atoms in total. The largest absolute Gasteiger partial charge is 0.366 e. The molecule has 94 valence electrons. The molecule has 2 rings (SSSR count). The molecular formula is C13H16N4O. The molecule has 0 saturated heterocycles. The molecule has 0 aliphatic carbocycles. The van der Waals surface area contributed by atoms with Crippen LogP contribution in [-0.2, 0) is 6.42 Å². The highest BCUT2D eigenvalue weighted by Crippen LogP contribution is 2.15. The van der Waals surface area contributed by atoms with E-state index in [-0.39, 0.29) is 6.04 Å². The number of nitrogens with zero attached hydrogens (tertiary/aromatic N) is 2. The Labute approximate surface area is 105 Å². The van der Waals surface area contributed by atoms with Gasteiger partial charge >= 0.3 is 0 Å². The van der Waals surface area contributed by atoms with Crippen molar-refractivity contribution < 1.29 is 4.79 Å². The fraction of sp³-hybridized carbons (Fsp3) is 0.231. The number of primary amides is 1. The topological polar surface area (TPSA) is 86.9 Å². The van der Waals surface area contributed by atoms with E-state index in [2.05, 4.69) is 5.10 Å². The van der Waals surface area contributed by atoms with Gasteiger partial charge in [-0.25, -0.2) is 4.68 Å². The van der Waals surface area contributed by atoms with Crippen LogP contribution in [0, 0.1) is 0 Å². The lowest BCUT2D eigenvalue weighted by atomic mass is 10.1. The molecule has 1 amide bonds. The fourth-order valence-electron chi connectivity index (χ4n) is 1.84. The van der Waals surface area contributed by atoms with Crippen molar-refractivity contribution in [1.82, 2.24) is 9.78 Å². The smallest absolute Gasteiger partial charge is 0.251 e. The molecule has 18 heavy (non-hydrogen) atoms. The lowest BCUT2D eigenvalue weighted by Gasteiger charge is -2.11. The van der Waals surface area contributed by atoms with Crippen molar-refractivity contribution >= 4 is 5.91 Å². The average Bonchev–Trinajstić information content (AvgIpc) is 2.78. The zero-order valence-corrected chi connectivity index (χ0v) is 10.2. The molecule has 1 unspecified atom stereocenters. The second-order valence-electron chi connectivity index (χ2n) is 4.35. The summed E-state index contributed by atoms with van der Waals surface area (Å²) in [6.07, 6.45) is 3.84. The molecule has 1 aromatic carbocycles. The molecule has 0 radical (unpaired) electrons. The SMILES string of the molecule is CC(N)Cc1ccccc1-n1cc(C(N)=O)cn1. The second kappa shape index (κ2) is 5.01. The summed E-state index contributed by atoms with van der Waals surface area (Å²) in [5.74, 6) is -0.481. The van der Waals surface area contributed by atoms with Gasteiger partial charge in [0.15, 0.2) is 0 Å². The van der Waals surface area contributed by atoms with Gasteiger partial charge in [-0.15, -0.1) is 0 Å². The molecule has 2 aromatic rings. The summed E-state index contributed by atoms with van der Waals surface area (Å²) in [6, 6.07) is 7.89. The number of benzene rings is 1. The van der Waals surface area contributed by atoms with Gasteiger partial charge in [-0.05, 0) is 25.0 Å². The van der Waals surface area contributed by atoms with E-state index in [1.54, 1.807) is 10.9 Å². The van der Waals surface area contributed by atoms with Crippen molar-refractivity contribution in [1.29, 1.82) is 0 Å². The number of carbonyl (C=O) groups excluding carboxylic acids is 1. The number of hydrogen-bond donors (Lipinski definition) is 2. The van der Waals surface area contributed by atoms with Crippen LogP contribution in [0.5, 0.6) is 0 Å². The van der Waals surface area contributed by atoms with Gasteiger partial charge in [-0.1, -0.05) is 18.2 Å². The van der Waals surface area contributed by atoms with Gasteiger partial charge in [0.2, 0.25) is 0 Å². The summed E-state index contributed by atoms with van der Waals surface area (Å²) in [5.41, 5.74) is 13.4. The van der Waals surface area contributed by atoms with Gasteiger partial charge < -0.3 is 11.5 Å². The van der Waals surface area contributed by atoms with Gasteiger partial charge in [-0.3, -0.25) is 4.79 Å². The summed E-state index contributed by atoms with van der Waals surface area (Å²) in [5, 5.41) is 4.15. The maximum absolute atomic E-state index is 11.1. The highest BCUT2D eigenvalue weighted by atomic mass is 16.1. The van der Waals surface area contributed by atoms with E-state index in [0.29, 0.717) is 5.56 Å². The zero-order valence-electron chi connectivity index (χ0n) is 10.2. The maximum atomic E-state index is 11.1. The third kappa shape index (κ3) is 2.57. The van der Waals surface area contributed by atoms with E-state index in [1.165, 1.54) is 6.20 Å². The summed E-state index contributed by atoms with van der Waals surface area (Å²) >= 11 is 0. The Morgan fingerprint density at radius 1 is 1.44 bits per heavy atom. The lowest BCUT2D eigenvalue weighted by Crippen LogP contribution is -2.19. The van der Waals surface area contributed by atoms with Gasteiger partial charge in [0.25, 0.3) is 5.91 Å². The first-order valence-corrected chi connectivity index (χ1v) is 5.76. The van der Waals surface area contributed by atoms with Crippen molar-refractivity contribution in [3.05, 3.63) is 47.8 Å². The third-order valence-corrected chi connectivity index (χ3v) is 2.65. The van der Waals surface area contributed by atoms with E-state index in [4.69, 9.17) is 11.5 Å². The van der Waals surface area contributed by atoms with Crippen LogP contribution in [0.25, 0.3) is 5.69 Å². The number of amides is 1. The normalized spacial score (nSPS) is 12.3. The minimum Gasteiger partial charge on any atom is -0.366 e. The van der Waals surface area contributed by atoms with Crippen LogP contribution in [0.3, 0.4) is 0 Å². The Morgan fingerprint density at radius 3 is 2.78 bits per heavy atom. The molecule has 0 saturated carbocycles. The molecule has 1 atom stereocenters. The van der Waals surface area contributed by atoms with Gasteiger partial charge in [0.05, 0.1) is 17.4 Å². The molecule has 0 spiro atoms. The highest BCUT2D eigenvalue weighted by Gasteiger charge is 2.09. The van der Waals surface area contributed by atoms with E-state index >= 15 is 0 Å². The summed E-state index contributed by atoms with van der Waals surface area (Å²) < 4.78 is 1.65. The predicted molar refractivity (Wildman–Crippen MR) is 69.4 cm³/mol. The van der Waals surface area contributed by atoms with Gasteiger partial charge in [0, 0.05) is 12.2 Å². The minimum atomic E-state index is -0.481. The standard InChI is InChI=1S/C13H16N4O/c1-9(14)6-10-4-2-3-5-12(10)17-8-11(7-16-17)13(15)18/h2-5,7-9H,6,14H2,1H3,(H2,15,18). The van der Waals surface area contributed by atoms with Crippen LogP contribution in [-0.4, -0.2) is 21.7 Å². The van der Waals surface area contributed by atoms with Crippen molar-refractivity contribution in [2.24, 2.45) is 11.5 Å². The monoisotopic (exact) mass is 244 g/mol. The first-order chi connectivity index (χ1) is 8.58. The van der Waals surface area contributed by atoms with Crippen LogP contribution in [0.4, 0.5) is 0 Å². The first-order valence-electron chi connectivity index (χ1n) is 5.76. The molecule has 0 aliphatic rings. The van der Waals surface area contributed by atoms with E-state index < -0.39 is 5.91 Å². The van der Waals surface area contributed by atoms with Crippen LogP contribution >= 0.6 is 0 Å². The van der Waals surface area contributed by atoms with Crippen molar-refractivity contribution in [2.75, 3.05) is 0 Å². The molecular weight excluding hydrogens is 228 g/mol. The summed E-state index contributed by atoms with van der Waals surface area (Å²) in [4.78, 5) is 11.1. The third-order valence-electron chi connectivity index (χ3n) is 2.65. The number of carbonyl (C=O) groups is 1. The van der Waals surface area contributed by atoms with Crippen LogP contribution in [0.1, 0.15) is 22.8 Å². The number of hydrogen-bond acceptors (Lipinski definition) is 3. The van der Waals surface area contributed by atoms with Crippen LogP contribution < -0.4 is 11.5 Å². The number of rotatable bonds is 4. The van der Waals surface area contributed by atoms with Gasteiger partial charge in [-0.2, -0.15) is 5.10 Å². The lowest BCUT2D eigenvalue weighted by molar-refractivity contribution is 0.100. The highest BCUT2D eigenvalue weighted by molar-refractivity contribution is 5.92. The van der Waals surface area contributed by atoms with Crippen molar-refractivity contribution in [3.63, 3.8) is 0 Å². The Bertz CT molecular complexity index is 560. The molecule has 1 aromatic heterocycles.